The number of nitrogens with one attached hydrogen (secondary N) is 1. The smallest absolute Gasteiger partial charge is 0.329 e. The molecule has 2 atom stereocenters. The number of esters is 1. The highest BCUT2D eigenvalue weighted by Gasteiger charge is 2.27. The lowest BCUT2D eigenvalue weighted by molar-refractivity contribution is -0.156. The van der Waals surface area contributed by atoms with E-state index in [2.05, 4.69) is 5.32 Å². The summed E-state index contributed by atoms with van der Waals surface area (Å²) in [5.74, 6) is -1.93. The van der Waals surface area contributed by atoms with Crippen molar-refractivity contribution in [2.75, 3.05) is 0 Å². The number of hydrogen-bond donors (Lipinski definition) is 2. The fourth-order valence-electron chi connectivity index (χ4n) is 1.91. The van der Waals surface area contributed by atoms with E-state index >= 15 is 0 Å². The quantitative estimate of drug-likeness (QED) is 0.716. The lowest BCUT2D eigenvalue weighted by atomic mass is 10.0. The number of halogens is 2. The van der Waals surface area contributed by atoms with Crippen LogP contribution in [0.15, 0.2) is 18.2 Å². The molecule has 0 saturated heterocycles. The van der Waals surface area contributed by atoms with E-state index in [1.165, 1.54) is 25.1 Å². The number of benzene rings is 1. The van der Waals surface area contributed by atoms with Gasteiger partial charge in [0.25, 0.3) is 11.8 Å². The van der Waals surface area contributed by atoms with Crippen LogP contribution < -0.4 is 11.1 Å². The van der Waals surface area contributed by atoms with Gasteiger partial charge in [0.05, 0.1) is 10.6 Å². The van der Waals surface area contributed by atoms with Crippen LogP contribution in [0.1, 0.15) is 37.6 Å². The number of rotatable bonds is 7. The van der Waals surface area contributed by atoms with Crippen molar-refractivity contribution >= 4 is 41.0 Å². The molecule has 3 N–H and O–H groups in total. The third-order valence-corrected chi connectivity index (χ3v) is 3.71. The van der Waals surface area contributed by atoms with Crippen LogP contribution in [0.5, 0.6) is 0 Å². The van der Waals surface area contributed by atoms with E-state index in [4.69, 9.17) is 33.7 Å². The van der Waals surface area contributed by atoms with Crippen molar-refractivity contribution in [2.45, 2.75) is 39.3 Å². The van der Waals surface area contributed by atoms with Crippen molar-refractivity contribution in [3.8, 4) is 0 Å². The van der Waals surface area contributed by atoms with Crippen LogP contribution in [-0.2, 0) is 14.3 Å². The van der Waals surface area contributed by atoms with Crippen molar-refractivity contribution in [3.05, 3.63) is 33.8 Å². The summed E-state index contributed by atoms with van der Waals surface area (Å²) in [6.07, 6.45) is -0.746. The second-order valence-electron chi connectivity index (χ2n) is 5.76. The molecule has 0 aliphatic rings. The van der Waals surface area contributed by atoms with E-state index < -0.39 is 29.9 Å². The summed E-state index contributed by atoms with van der Waals surface area (Å²) in [5, 5.41) is 3.14. The Morgan fingerprint density at radius 2 is 1.83 bits per heavy atom. The number of hydrogen-bond acceptors (Lipinski definition) is 4. The topological polar surface area (TPSA) is 98.5 Å². The molecular formula is C16H20Cl2N2O4. The fourth-order valence-corrected chi connectivity index (χ4v) is 2.40. The summed E-state index contributed by atoms with van der Waals surface area (Å²) in [4.78, 5) is 35.6. The number of carbonyl (C=O) groups is 3. The molecule has 0 radical (unpaired) electrons. The first-order valence-electron chi connectivity index (χ1n) is 7.37. The summed E-state index contributed by atoms with van der Waals surface area (Å²) < 4.78 is 4.98. The Labute approximate surface area is 150 Å². The highest BCUT2D eigenvalue weighted by molar-refractivity contribution is 6.36. The van der Waals surface area contributed by atoms with Crippen LogP contribution in [0.25, 0.3) is 0 Å². The highest BCUT2D eigenvalue weighted by Crippen LogP contribution is 2.21. The van der Waals surface area contributed by atoms with E-state index in [1.807, 2.05) is 13.8 Å². The van der Waals surface area contributed by atoms with Gasteiger partial charge in [-0.2, -0.15) is 0 Å². The van der Waals surface area contributed by atoms with E-state index in [0.717, 1.165) is 0 Å². The molecule has 8 heteroatoms. The van der Waals surface area contributed by atoms with Crippen LogP contribution in [0.2, 0.25) is 10.0 Å². The molecule has 0 unspecified atom stereocenters. The Morgan fingerprint density at radius 1 is 1.21 bits per heavy atom. The standard InChI is InChI=1S/C16H20Cl2N2O4/c1-8(2)6-13(16(23)24-9(3)14(19)21)20-15(22)11-5-4-10(17)7-12(11)18/h4-5,7-9,13H,6H2,1-3H3,(H2,19,21)(H,20,22)/t9-,13+/m1/s1. The maximum Gasteiger partial charge on any atom is 0.329 e. The van der Waals surface area contributed by atoms with Gasteiger partial charge >= 0.3 is 5.97 Å². The van der Waals surface area contributed by atoms with Crippen molar-refractivity contribution < 1.29 is 19.1 Å². The van der Waals surface area contributed by atoms with Crippen molar-refractivity contribution in [1.29, 1.82) is 0 Å². The number of nitrogens with two attached hydrogens (primary N) is 1. The highest BCUT2D eigenvalue weighted by atomic mass is 35.5. The number of amides is 2. The second-order valence-corrected chi connectivity index (χ2v) is 6.60. The van der Waals surface area contributed by atoms with E-state index in [-0.39, 0.29) is 16.5 Å². The monoisotopic (exact) mass is 374 g/mol. The lowest BCUT2D eigenvalue weighted by Crippen LogP contribution is -2.45. The van der Waals surface area contributed by atoms with Crippen LogP contribution >= 0.6 is 23.2 Å². The molecule has 1 rings (SSSR count). The molecule has 1 aromatic rings. The zero-order chi connectivity index (χ0) is 18.4. The zero-order valence-corrected chi connectivity index (χ0v) is 15.1. The Hall–Kier alpha value is -1.79. The van der Waals surface area contributed by atoms with Crippen molar-refractivity contribution in [1.82, 2.24) is 5.32 Å². The average Bonchev–Trinajstić information content (AvgIpc) is 2.45. The molecule has 0 aliphatic heterocycles. The Morgan fingerprint density at radius 3 is 2.33 bits per heavy atom. The average molecular weight is 375 g/mol. The summed E-state index contributed by atoms with van der Waals surface area (Å²) in [6, 6.07) is 3.49. The van der Waals surface area contributed by atoms with Gasteiger partial charge in [-0.15, -0.1) is 0 Å². The Bertz CT molecular complexity index is 635. The lowest BCUT2D eigenvalue weighted by Gasteiger charge is -2.21. The minimum absolute atomic E-state index is 0.104. The van der Waals surface area contributed by atoms with Gasteiger partial charge in [-0.25, -0.2) is 4.79 Å². The van der Waals surface area contributed by atoms with Gasteiger partial charge in [0.2, 0.25) is 0 Å². The maximum absolute atomic E-state index is 12.4. The Balaban J connectivity index is 2.90. The first-order valence-corrected chi connectivity index (χ1v) is 8.13. The first kappa shape index (κ1) is 20.3. The molecule has 1 aromatic carbocycles. The first-order chi connectivity index (χ1) is 11.1. The molecule has 0 aliphatic carbocycles. The van der Waals surface area contributed by atoms with Gasteiger partial charge in [0, 0.05) is 5.02 Å². The van der Waals surface area contributed by atoms with Gasteiger partial charge in [-0.3, -0.25) is 9.59 Å². The molecule has 0 fully saturated rings. The van der Waals surface area contributed by atoms with Gasteiger partial charge in [0.15, 0.2) is 6.10 Å². The minimum Gasteiger partial charge on any atom is -0.451 e. The maximum atomic E-state index is 12.4. The summed E-state index contributed by atoms with van der Waals surface area (Å²) in [6.45, 7) is 5.14. The van der Waals surface area contributed by atoms with Gasteiger partial charge in [-0.1, -0.05) is 37.0 Å². The zero-order valence-electron chi connectivity index (χ0n) is 13.6. The van der Waals surface area contributed by atoms with Crippen LogP contribution in [0.3, 0.4) is 0 Å². The molecule has 0 bridgehead atoms. The van der Waals surface area contributed by atoms with Crippen LogP contribution in [0, 0.1) is 5.92 Å². The van der Waals surface area contributed by atoms with Gasteiger partial charge < -0.3 is 15.8 Å². The van der Waals surface area contributed by atoms with Crippen LogP contribution in [-0.4, -0.2) is 29.9 Å². The molecule has 0 spiro atoms. The summed E-state index contributed by atoms with van der Waals surface area (Å²) in [7, 11) is 0. The SMILES string of the molecule is CC(C)C[C@H](NC(=O)c1ccc(Cl)cc1Cl)C(=O)O[C@H](C)C(N)=O. The molecule has 24 heavy (non-hydrogen) atoms. The third-order valence-electron chi connectivity index (χ3n) is 3.17. The molecule has 0 saturated carbocycles. The van der Waals surface area contributed by atoms with Gasteiger partial charge in [-0.05, 0) is 37.5 Å². The minimum atomic E-state index is -1.08. The second kappa shape index (κ2) is 8.89. The van der Waals surface area contributed by atoms with Crippen LogP contribution in [0.4, 0.5) is 0 Å². The molecule has 0 aromatic heterocycles. The summed E-state index contributed by atoms with van der Waals surface area (Å²) >= 11 is 11.8. The van der Waals surface area contributed by atoms with E-state index in [9.17, 15) is 14.4 Å². The number of ether oxygens (including phenoxy) is 1. The number of carbonyl (C=O) groups excluding carboxylic acids is 3. The molecule has 132 valence electrons. The molecule has 6 nitrogen and oxygen atoms in total. The fraction of sp³-hybridized carbons (Fsp3) is 0.438. The van der Waals surface area contributed by atoms with Gasteiger partial charge in [0.1, 0.15) is 6.04 Å². The van der Waals surface area contributed by atoms with E-state index in [1.54, 1.807) is 0 Å². The van der Waals surface area contributed by atoms with E-state index in [0.29, 0.717) is 11.4 Å². The normalized spacial score (nSPS) is 13.2. The predicted octanol–water partition coefficient (Wildman–Crippen LogP) is 2.55. The molecule has 0 heterocycles. The predicted molar refractivity (Wildman–Crippen MR) is 91.9 cm³/mol. The van der Waals surface area contributed by atoms with Crippen molar-refractivity contribution in [2.24, 2.45) is 11.7 Å². The summed E-state index contributed by atoms with van der Waals surface area (Å²) in [5.41, 5.74) is 5.26. The molecule has 2 amide bonds. The van der Waals surface area contributed by atoms with Crippen molar-refractivity contribution in [3.63, 3.8) is 0 Å². The largest absolute Gasteiger partial charge is 0.451 e. The third kappa shape index (κ3) is 6.02. The molecular weight excluding hydrogens is 355 g/mol. The Kier molecular flexibility index (Phi) is 7.51. The number of primary amides is 1.